The van der Waals surface area contributed by atoms with Gasteiger partial charge in [0.1, 0.15) is 5.02 Å². The van der Waals surface area contributed by atoms with E-state index in [4.69, 9.17) is 11.6 Å². The molecule has 0 aromatic heterocycles. The largest absolute Gasteiger partial charge is 0.348 e. The number of hydrogen-bond donors (Lipinski definition) is 1. The number of carbonyl (C=O) groups is 1. The number of nitro benzene ring substituents is 1. The molecule has 1 N–H and O–H groups in total. The summed E-state index contributed by atoms with van der Waals surface area (Å²) in [6.07, 6.45) is 0. The minimum absolute atomic E-state index is 0.0166. The predicted octanol–water partition coefficient (Wildman–Crippen LogP) is 1.93. The Morgan fingerprint density at radius 1 is 1.53 bits per heavy atom. The van der Waals surface area contributed by atoms with Crippen molar-refractivity contribution < 1.29 is 9.72 Å². The van der Waals surface area contributed by atoms with Gasteiger partial charge in [0.25, 0.3) is 11.6 Å². The molecule has 0 fully saturated rings. The highest BCUT2D eigenvalue weighted by Gasteiger charge is 2.17. The average Bonchev–Trinajstić information content (AvgIpc) is 2.27. The van der Waals surface area contributed by atoms with E-state index in [0.29, 0.717) is 6.54 Å². The van der Waals surface area contributed by atoms with Crippen molar-refractivity contribution in [1.29, 1.82) is 0 Å². The predicted molar refractivity (Wildman–Crippen MR) is 73.6 cm³/mol. The molecule has 1 aromatic rings. The maximum absolute atomic E-state index is 11.9. The van der Waals surface area contributed by atoms with E-state index in [2.05, 4.69) is 5.32 Å². The van der Waals surface area contributed by atoms with Gasteiger partial charge in [-0.25, -0.2) is 0 Å². The van der Waals surface area contributed by atoms with Crippen LogP contribution >= 0.6 is 11.6 Å². The van der Waals surface area contributed by atoms with Gasteiger partial charge in [0.05, 0.1) is 4.92 Å². The number of nitrogens with one attached hydrogen (secondary N) is 1. The van der Waals surface area contributed by atoms with Gasteiger partial charge in [-0.1, -0.05) is 11.6 Å². The number of rotatable bonds is 5. The minimum atomic E-state index is -0.609. The van der Waals surface area contributed by atoms with Gasteiger partial charge in [0, 0.05) is 24.2 Å². The highest BCUT2D eigenvalue weighted by molar-refractivity contribution is 6.32. The van der Waals surface area contributed by atoms with Crippen molar-refractivity contribution in [1.82, 2.24) is 10.2 Å². The molecular formula is C12H16ClN3O3. The summed E-state index contributed by atoms with van der Waals surface area (Å²) in [6, 6.07) is 3.94. The standard InChI is InChI=1S/C12H16ClN3O3/c1-8(7-15(2)3)14-12(17)9-4-5-10(13)11(6-9)16(18)19/h4-6,8H,7H2,1-3H3,(H,14,17). The lowest BCUT2D eigenvalue weighted by atomic mass is 10.1. The van der Waals surface area contributed by atoms with Gasteiger partial charge in [0.2, 0.25) is 0 Å². The van der Waals surface area contributed by atoms with Crippen LogP contribution in [0.5, 0.6) is 0 Å². The first-order valence-corrected chi connectivity index (χ1v) is 6.08. The molecule has 7 heteroatoms. The molecule has 0 radical (unpaired) electrons. The van der Waals surface area contributed by atoms with Crippen molar-refractivity contribution >= 4 is 23.2 Å². The normalized spacial score (nSPS) is 12.3. The van der Waals surface area contributed by atoms with Crippen molar-refractivity contribution in [3.05, 3.63) is 38.9 Å². The van der Waals surface area contributed by atoms with Gasteiger partial charge < -0.3 is 10.2 Å². The van der Waals surface area contributed by atoms with Crippen molar-refractivity contribution in [2.45, 2.75) is 13.0 Å². The Morgan fingerprint density at radius 2 is 2.16 bits per heavy atom. The van der Waals surface area contributed by atoms with Crippen LogP contribution in [0.3, 0.4) is 0 Å². The second-order valence-corrected chi connectivity index (χ2v) is 4.97. The van der Waals surface area contributed by atoms with Crippen LogP contribution in [0.4, 0.5) is 5.69 Å². The molecule has 0 bridgehead atoms. The van der Waals surface area contributed by atoms with Gasteiger partial charge in [0.15, 0.2) is 0 Å². The highest BCUT2D eigenvalue weighted by Crippen LogP contribution is 2.24. The summed E-state index contributed by atoms with van der Waals surface area (Å²) < 4.78 is 0. The Labute approximate surface area is 116 Å². The molecule has 1 unspecified atom stereocenters. The molecule has 0 aliphatic carbocycles. The number of nitrogens with zero attached hydrogens (tertiary/aromatic N) is 2. The zero-order valence-corrected chi connectivity index (χ0v) is 11.8. The lowest BCUT2D eigenvalue weighted by molar-refractivity contribution is -0.384. The van der Waals surface area contributed by atoms with Gasteiger partial charge in [-0.05, 0) is 33.2 Å². The number of amides is 1. The first kappa shape index (κ1) is 15.4. The fourth-order valence-electron chi connectivity index (χ4n) is 1.69. The zero-order chi connectivity index (χ0) is 14.6. The highest BCUT2D eigenvalue weighted by atomic mass is 35.5. The molecule has 0 aliphatic heterocycles. The molecule has 1 atom stereocenters. The summed E-state index contributed by atoms with van der Waals surface area (Å²) >= 11 is 5.69. The summed E-state index contributed by atoms with van der Waals surface area (Å²) in [4.78, 5) is 24.0. The van der Waals surface area contributed by atoms with Gasteiger partial charge in [-0.15, -0.1) is 0 Å². The molecular weight excluding hydrogens is 270 g/mol. The van der Waals surface area contributed by atoms with E-state index in [9.17, 15) is 14.9 Å². The van der Waals surface area contributed by atoms with Gasteiger partial charge in [-0.2, -0.15) is 0 Å². The lowest BCUT2D eigenvalue weighted by Crippen LogP contribution is -2.39. The second kappa shape index (κ2) is 6.49. The molecule has 0 aliphatic rings. The topological polar surface area (TPSA) is 75.5 Å². The fraction of sp³-hybridized carbons (Fsp3) is 0.417. The lowest BCUT2D eigenvalue weighted by Gasteiger charge is -2.18. The Balaban J connectivity index is 2.83. The maximum Gasteiger partial charge on any atom is 0.288 e. The van der Waals surface area contributed by atoms with Gasteiger partial charge >= 0.3 is 0 Å². The van der Waals surface area contributed by atoms with E-state index < -0.39 is 4.92 Å². The summed E-state index contributed by atoms with van der Waals surface area (Å²) in [7, 11) is 3.80. The van der Waals surface area contributed by atoms with Crippen LogP contribution in [0.15, 0.2) is 18.2 Å². The summed E-state index contributed by atoms with van der Waals surface area (Å²) in [5, 5.41) is 13.5. The molecule has 1 amide bonds. The molecule has 0 heterocycles. The summed E-state index contributed by atoms with van der Waals surface area (Å²) in [6.45, 7) is 2.55. The Morgan fingerprint density at radius 3 is 2.68 bits per heavy atom. The molecule has 1 rings (SSSR count). The second-order valence-electron chi connectivity index (χ2n) is 4.56. The SMILES string of the molecule is CC(CN(C)C)NC(=O)c1ccc(Cl)c([N+](=O)[O-])c1. The third kappa shape index (κ3) is 4.50. The number of halogens is 1. The fourth-order valence-corrected chi connectivity index (χ4v) is 1.88. The van der Waals surface area contributed by atoms with E-state index in [-0.39, 0.29) is 28.2 Å². The first-order valence-electron chi connectivity index (χ1n) is 5.70. The van der Waals surface area contributed by atoms with Crippen LogP contribution in [-0.4, -0.2) is 42.4 Å². The quantitative estimate of drug-likeness (QED) is 0.662. The number of nitro groups is 1. The van der Waals surface area contributed by atoms with Crippen molar-refractivity contribution in [2.75, 3.05) is 20.6 Å². The van der Waals surface area contributed by atoms with Crippen LogP contribution in [0.1, 0.15) is 17.3 Å². The Bertz CT molecular complexity index is 491. The van der Waals surface area contributed by atoms with Crippen molar-refractivity contribution in [2.24, 2.45) is 0 Å². The van der Waals surface area contributed by atoms with Crippen molar-refractivity contribution in [3.8, 4) is 0 Å². The summed E-state index contributed by atoms with van der Waals surface area (Å²) in [5.41, 5.74) is -0.0451. The van der Waals surface area contributed by atoms with Crippen molar-refractivity contribution in [3.63, 3.8) is 0 Å². The monoisotopic (exact) mass is 285 g/mol. The molecule has 0 spiro atoms. The van der Waals surface area contributed by atoms with Crippen LogP contribution in [0, 0.1) is 10.1 Å². The number of likely N-dealkylation sites (N-methyl/N-ethyl adjacent to an activating group) is 1. The number of benzene rings is 1. The zero-order valence-electron chi connectivity index (χ0n) is 11.0. The Hall–Kier alpha value is -1.66. The first-order chi connectivity index (χ1) is 8.81. The van der Waals surface area contributed by atoms with E-state index in [1.165, 1.54) is 18.2 Å². The number of carbonyl (C=O) groups excluding carboxylic acids is 1. The van der Waals surface area contributed by atoms with Crippen LogP contribution in [0.25, 0.3) is 0 Å². The van der Waals surface area contributed by atoms with Crippen LogP contribution in [-0.2, 0) is 0 Å². The van der Waals surface area contributed by atoms with E-state index in [1.807, 2.05) is 25.9 Å². The number of hydrogen-bond acceptors (Lipinski definition) is 4. The maximum atomic E-state index is 11.9. The molecule has 0 saturated heterocycles. The summed E-state index contributed by atoms with van der Waals surface area (Å²) in [5.74, 6) is -0.353. The minimum Gasteiger partial charge on any atom is -0.348 e. The molecule has 1 aromatic carbocycles. The average molecular weight is 286 g/mol. The molecule has 104 valence electrons. The van der Waals surface area contributed by atoms with Gasteiger partial charge in [-0.3, -0.25) is 14.9 Å². The smallest absolute Gasteiger partial charge is 0.288 e. The third-order valence-electron chi connectivity index (χ3n) is 2.42. The third-order valence-corrected chi connectivity index (χ3v) is 2.74. The molecule has 6 nitrogen and oxygen atoms in total. The molecule has 19 heavy (non-hydrogen) atoms. The molecule has 0 saturated carbocycles. The van der Waals surface area contributed by atoms with E-state index in [0.717, 1.165) is 0 Å². The van der Waals surface area contributed by atoms with Crippen LogP contribution in [0.2, 0.25) is 5.02 Å². The van der Waals surface area contributed by atoms with E-state index in [1.54, 1.807) is 0 Å². The van der Waals surface area contributed by atoms with Crippen LogP contribution < -0.4 is 5.32 Å². The van der Waals surface area contributed by atoms with E-state index >= 15 is 0 Å². The Kier molecular flexibility index (Phi) is 5.26.